The van der Waals surface area contributed by atoms with Crippen molar-refractivity contribution >= 4 is 23.2 Å². The Labute approximate surface area is 158 Å². The smallest absolute Gasteiger partial charge is 0.261 e. The second-order valence-electron chi connectivity index (χ2n) is 6.60. The van der Waals surface area contributed by atoms with E-state index in [1.807, 2.05) is 54.5 Å². The topological polar surface area (TPSA) is 62.2 Å². The maximum atomic E-state index is 13.2. The summed E-state index contributed by atoms with van der Waals surface area (Å²) in [5, 5.41) is 0. The van der Waals surface area contributed by atoms with Crippen LogP contribution in [0.1, 0.15) is 41.3 Å². The average molecular weight is 359 g/mol. The van der Waals surface area contributed by atoms with E-state index < -0.39 is 0 Å². The van der Waals surface area contributed by atoms with Crippen molar-refractivity contribution in [2.45, 2.75) is 19.8 Å². The molecule has 27 heavy (non-hydrogen) atoms. The van der Waals surface area contributed by atoms with E-state index in [4.69, 9.17) is 0 Å². The van der Waals surface area contributed by atoms with Gasteiger partial charge in [-0.1, -0.05) is 13.0 Å². The summed E-state index contributed by atoms with van der Waals surface area (Å²) in [6.45, 7) is 4.80. The third kappa shape index (κ3) is 2.83. The summed E-state index contributed by atoms with van der Waals surface area (Å²) in [7, 11) is 1.78. The number of hydrogen-bond donors (Lipinski definition) is 0. The summed E-state index contributed by atoms with van der Waals surface area (Å²) < 4.78 is 0. The fourth-order valence-corrected chi connectivity index (χ4v) is 3.46. The van der Waals surface area contributed by atoms with Crippen LogP contribution >= 0.6 is 0 Å². The summed E-state index contributed by atoms with van der Waals surface area (Å²) in [5.41, 5.74) is 3.44. The van der Waals surface area contributed by atoms with Crippen molar-refractivity contribution in [1.82, 2.24) is 15.0 Å². The molecule has 3 aromatic rings. The van der Waals surface area contributed by atoms with E-state index >= 15 is 0 Å². The average Bonchev–Trinajstić information content (AvgIpc) is 2.82. The van der Waals surface area contributed by atoms with Gasteiger partial charge in [-0.05, 0) is 42.3 Å². The molecule has 0 spiro atoms. The molecule has 0 aromatic carbocycles. The number of nitrogens with zero attached hydrogens (tertiary/aromatic N) is 5. The van der Waals surface area contributed by atoms with Crippen molar-refractivity contribution in [3.63, 3.8) is 0 Å². The molecule has 0 radical (unpaired) electrons. The molecule has 0 saturated heterocycles. The van der Waals surface area contributed by atoms with Gasteiger partial charge in [-0.3, -0.25) is 9.78 Å². The fraction of sp³-hybridized carbons (Fsp3) is 0.238. The highest BCUT2D eigenvalue weighted by molar-refractivity contribution is 6.12. The van der Waals surface area contributed by atoms with Gasteiger partial charge >= 0.3 is 0 Å². The van der Waals surface area contributed by atoms with Crippen LogP contribution in [0.25, 0.3) is 0 Å². The number of aromatic nitrogens is 3. The van der Waals surface area contributed by atoms with Crippen LogP contribution < -0.4 is 9.80 Å². The van der Waals surface area contributed by atoms with Crippen molar-refractivity contribution in [3.05, 3.63) is 71.8 Å². The first-order valence-electron chi connectivity index (χ1n) is 9.02. The molecule has 0 N–H and O–H groups in total. The van der Waals surface area contributed by atoms with Gasteiger partial charge < -0.3 is 9.80 Å². The molecule has 1 aliphatic rings. The first-order valence-corrected chi connectivity index (χ1v) is 9.02. The van der Waals surface area contributed by atoms with E-state index in [0.29, 0.717) is 17.9 Å². The largest absolute Gasteiger partial charge is 0.309 e. The molecule has 1 amide bonds. The number of amides is 1. The molecule has 6 nitrogen and oxygen atoms in total. The van der Waals surface area contributed by atoms with Crippen molar-refractivity contribution in [3.8, 4) is 0 Å². The summed E-state index contributed by atoms with van der Waals surface area (Å²) in [4.78, 5) is 30.2. The highest BCUT2D eigenvalue weighted by Gasteiger charge is 2.30. The lowest BCUT2D eigenvalue weighted by molar-refractivity contribution is 0.0994. The Bertz CT molecular complexity index is 989. The van der Waals surface area contributed by atoms with Crippen LogP contribution in [-0.4, -0.2) is 34.5 Å². The Kier molecular flexibility index (Phi) is 4.32. The van der Waals surface area contributed by atoms with Gasteiger partial charge in [0.25, 0.3) is 5.91 Å². The molecule has 0 fully saturated rings. The molecule has 0 saturated carbocycles. The summed E-state index contributed by atoms with van der Waals surface area (Å²) in [6, 6.07) is 9.66. The third-order valence-electron chi connectivity index (χ3n) is 5.06. The fourth-order valence-electron chi connectivity index (χ4n) is 3.46. The first-order chi connectivity index (χ1) is 13.1. The highest BCUT2D eigenvalue weighted by Crippen LogP contribution is 2.38. The molecular formula is C21H21N5O. The van der Waals surface area contributed by atoms with Crippen LogP contribution in [0.2, 0.25) is 0 Å². The number of hydrogen-bond acceptors (Lipinski definition) is 5. The standard InChI is InChI=1S/C21H21N5O/c1-4-26-19-17(21(27)25(3)18-8-6-10-23-20(18)26)11-16(13-24-19)14(2)15-7-5-9-22-12-15/h5-14H,4H2,1-3H3. The molecule has 136 valence electrons. The van der Waals surface area contributed by atoms with E-state index in [0.717, 1.165) is 22.6 Å². The van der Waals surface area contributed by atoms with Gasteiger partial charge in [0.1, 0.15) is 5.82 Å². The molecular weight excluding hydrogens is 338 g/mol. The minimum absolute atomic E-state index is 0.0806. The van der Waals surface area contributed by atoms with Crippen LogP contribution in [0, 0.1) is 0 Å². The van der Waals surface area contributed by atoms with E-state index in [9.17, 15) is 4.79 Å². The monoisotopic (exact) mass is 359 g/mol. The molecule has 0 bridgehead atoms. The number of pyridine rings is 3. The zero-order valence-corrected chi connectivity index (χ0v) is 15.6. The number of rotatable bonds is 3. The Morgan fingerprint density at radius 1 is 1.04 bits per heavy atom. The Hall–Kier alpha value is -3.28. The van der Waals surface area contributed by atoms with Crippen molar-refractivity contribution in [2.24, 2.45) is 0 Å². The van der Waals surface area contributed by atoms with E-state index in [1.165, 1.54) is 0 Å². The predicted octanol–water partition coefficient (Wildman–Crippen LogP) is 3.77. The summed E-state index contributed by atoms with van der Waals surface area (Å²) in [5.74, 6) is 1.40. The second kappa shape index (κ2) is 6.79. The zero-order chi connectivity index (χ0) is 19.0. The number of fused-ring (bicyclic) bond motifs is 2. The number of carbonyl (C=O) groups is 1. The van der Waals surface area contributed by atoms with E-state index in [-0.39, 0.29) is 11.8 Å². The predicted molar refractivity (Wildman–Crippen MR) is 106 cm³/mol. The van der Waals surface area contributed by atoms with Gasteiger partial charge in [0, 0.05) is 44.3 Å². The zero-order valence-electron chi connectivity index (χ0n) is 15.6. The molecule has 3 aromatic heterocycles. The van der Waals surface area contributed by atoms with Crippen LogP contribution in [-0.2, 0) is 0 Å². The molecule has 1 atom stereocenters. The van der Waals surface area contributed by atoms with E-state index in [2.05, 4.69) is 21.9 Å². The Morgan fingerprint density at radius 2 is 1.85 bits per heavy atom. The Morgan fingerprint density at radius 3 is 2.59 bits per heavy atom. The SMILES string of the molecule is CCN1c2ncc(C(C)c3cccnc3)cc2C(=O)N(C)c2cccnc21. The van der Waals surface area contributed by atoms with Crippen LogP contribution in [0.5, 0.6) is 0 Å². The molecule has 4 rings (SSSR count). The normalized spacial score (nSPS) is 14.4. The van der Waals surface area contributed by atoms with Gasteiger partial charge in [0.15, 0.2) is 5.82 Å². The molecule has 1 aliphatic heterocycles. The maximum absolute atomic E-state index is 13.2. The van der Waals surface area contributed by atoms with Crippen LogP contribution in [0.15, 0.2) is 55.1 Å². The molecule has 1 unspecified atom stereocenters. The second-order valence-corrected chi connectivity index (χ2v) is 6.60. The maximum Gasteiger partial charge on any atom is 0.261 e. The van der Waals surface area contributed by atoms with Gasteiger partial charge in [-0.15, -0.1) is 0 Å². The third-order valence-corrected chi connectivity index (χ3v) is 5.06. The van der Waals surface area contributed by atoms with E-state index in [1.54, 1.807) is 24.3 Å². The number of anilines is 3. The molecule has 4 heterocycles. The minimum Gasteiger partial charge on any atom is -0.309 e. The quantitative estimate of drug-likeness (QED) is 0.712. The van der Waals surface area contributed by atoms with Gasteiger partial charge in [0.05, 0.1) is 11.3 Å². The lowest BCUT2D eigenvalue weighted by Crippen LogP contribution is -2.25. The first kappa shape index (κ1) is 17.1. The minimum atomic E-state index is -0.0806. The van der Waals surface area contributed by atoms with Crippen molar-refractivity contribution in [1.29, 1.82) is 0 Å². The number of carbonyl (C=O) groups excluding carboxylic acids is 1. The lowest BCUT2D eigenvalue weighted by Gasteiger charge is -2.23. The van der Waals surface area contributed by atoms with Crippen LogP contribution in [0.4, 0.5) is 17.3 Å². The van der Waals surface area contributed by atoms with Crippen molar-refractivity contribution < 1.29 is 4.79 Å². The highest BCUT2D eigenvalue weighted by atomic mass is 16.2. The van der Waals surface area contributed by atoms with Gasteiger partial charge in [-0.2, -0.15) is 0 Å². The van der Waals surface area contributed by atoms with Crippen LogP contribution in [0.3, 0.4) is 0 Å². The molecule has 0 aliphatic carbocycles. The van der Waals surface area contributed by atoms with Crippen molar-refractivity contribution in [2.75, 3.05) is 23.4 Å². The Balaban J connectivity index is 1.85. The summed E-state index contributed by atoms with van der Waals surface area (Å²) in [6.07, 6.45) is 7.19. The summed E-state index contributed by atoms with van der Waals surface area (Å²) >= 11 is 0. The van der Waals surface area contributed by atoms with Gasteiger partial charge in [0.2, 0.25) is 0 Å². The molecule has 6 heteroatoms. The van der Waals surface area contributed by atoms with Gasteiger partial charge in [-0.25, -0.2) is 9.97 Å². The lowest BCUT2D eigenvalue weighted by atomic mass is 9.94.